The molecule has 3 heterocycles. The summed E-state index contributed by atoms with van der Waals surface area (Å²) in [4.78, 5) is 55.6. The molecule has 0 aliphatic carbocycles. The van der Waals surface area contributed by atoms with Crippen LogP contribution >= 0.6 is 11.6 Å². The lowest BCUT2D eigenvalue weighted by Crippen LogP contribution is -2.15. The first-order valence-electron chi connectivity index (χ1n) is 15.1. The van der Waals surface area contributed by atoms with Crippen LogP contribution in [0.3, 0.4) is 0 Å². The van der Waals surface area contributed by atoms with E-state index < -0.39 is 23.1 Å². The Morgan fingerprint density at radius 2 is 0.837 bits per heavy atom. The number of para-hydroxylation sites is 2. The van der Waals surface area contributed by atoms with Crippen LogP contribution < -0.4 is 0 Å². The number of Topliss-reactive ketones (excluding diaryl/α,β-unsaturated/α-hetero) is 1. The summed E-state index contributed by atoms with van der Waals surface area (Å²) in [6.45, 7) is 1.31. The first-order chi connectivity index (χ1) is 23.8. The Morgan fingerprint density at radius 3 is 1.29 bits per heavy atom. The molecule has 0 N–H and O–H groups in total. The number of nitrogens with zero attached hydrogens (tertiary/aromatic N) is 6. The van der Waals surface area contributed by atoms with E-state index in [9.17, 15) is 19.2 Å². The van der Waals surface area contributed by atoms with Gasteiger partial charge in [0, 0.05) is 36.1 Å². The average molecular weight is 665 g/mol. The van der Waals surface area contributed by atoms with Gasteiger partial charge in [0.05, 0.1) is 33.8 Å². The molecule has 0 atom stereocenters. The topological polar surface area (TPSA) is 122 Å². The molecule has 0 spiro atoms. The van der Waals surface area contributed by atoms with Gasteiger partial charge in [0.2, 0.25) is 11.6 Å². The van der Waals surface area contributed by atoms with Gasteiger partial charge in [-0.1, -0.05) is 78.3 Å². The van der Waals surface area contributed by atoms with Crippen molar-refractivity contribution in [2.24, 2.45) is 0 Å². The van der Waals surface area contributed by atoms with Crippen molar-refractivity contribution in [3.8, 4) is 17.1 Å². The van der Waals surface area contributed by atoms with Crippen molar-refractivity contribution >= 4 is 34.7 Å². The van der Waals surface area contributed by atoms with Crippen LogP contribution in [0.25, 0.3) is 17.1 Å². The zero-order chi connectivity index (χ0) is 34.1. The van der Waals surface area contributed by atoms with E-state index >= 15 is 0 Å². The number of carbonyl (C=O) groups is 4. The van der Waals surface area contributed by atoms with E-state index in [1.54, 1.807) is 91.0 Å². The van der Waals surface area contributed by atoms with Crippen LogP contribution in [-0.2, 0) is 0 Å². The molecule has 238 valence electrons. The van der Waals surface area contributed by atoms with Crippen LogP contribution in [0.1, 0.15) is 65.4 Å². The molecule has 3 aromatic heterocycles. The van der Waals surface area contributed by atoms with Crippen molar-refractivity contribution in [3.63, 3.8) is 0 Å². The molecule has 0 amide bonds. The minimum atomic E-state index is -0.711. The Morgan fingerprint density at radius 1 is 0.469 bits per heavy atom. The molecule has 0 bridgehead atoms. The van der Waals surface area contributed by atoms with Gasteiger partial charge in [0.25, 0.3) is 0 Å². The van der Waals surface area contributed by atoms with Crippen molar-refractivity contribution in [2.45, 2.75) is 6.92 Å². The van der Waals surface area contributed by atoms with Gasteiger partial charge in [-0.2, -0.15) is 15.3 Å². The van der Waals surface area contributed by atoms with E-state index in [1.807, 2.05) is 24.3 Å². The molecule has 7 aromatic rings. The molecule has 7 rings (SSSR count). The number of halogens is 1. The molecule has 4 aromatic carbocycles. The van der Waals surface area contributed by atoms with Crippen LogP contribution in [0, 0.1) is 0 Å². The lowest BCUT2D eigenvalue weighted by Gasteiger charge is -2.03. The highest BCUT2D eigenvalue weighted by atomic mass is 35.5. The third kappa shape index (κ3) is 6.04. The van der Waals surface area contributed by atoms with Crippen LogP contribution in [0.15, 0.2) is 134 Å². The Kier molecular flexibility index (Phi) is 8.21. The molecule has 0 saturated heterocycles. The summed E-state index contributed by atoms with van der Waals surface area (Å²) >= 11 is 6.11. The van der Waals surface area contributed by atoms with E-state index in [-0.39, 0.29) is 33.8 Å². The zero-order valence-corrected chi connectivity index (χ0v) is 26.7. The Bertz CT molecular complexity index is 2360. The van der Waals surface area contributed by atoms with Crippen LogP contribution in [0.2, 0.25) is 5.02 Å². The maximum Gasteiger partial charge on any atom is 0.217 e. The molecule has 0 unspecified atom stereocenters. The summed E-state index contributed by atoms with van der Waals surface area (Å²) < 4.78 is 4.26. The first kappa shape index (κ1) is 31.1. The van der Waals surface area contributed by atoms with Crippen LogP contribution in [0.5, 0.6) is 0 Å². The van der Waals surface area contributed by atoms with Crippen molar-refractivity contribution < 1.29 is 19.2 Å². The predicted molar refractivity (Wildman–Crippen MR) is 182 cm³/mol. The number of rotatable bonds is 10. The van der Waals surface area contributed by atoms with Gasteiger partial charge < -0.3 is 0 Å². The lowest BCUT2D eigenvalue weighted by atomic mass is 9.97. The molecule has 0 saturated carbocycles. The Balaban J connectivity index is 1.40. The van der Waals surface area contributed by atoms with Gasteiger partial charge in [-0.15, -0.1) is 0 Å². The molecule has 0 aliphatic rings. The van der Waals surface area contributed by atoms with E-state index in [0.29, 0.717) is 27.6 Å². The number of hydrogen-bond acceptors (Lipinski definition) is 7. The number of carbonyl (C=O) groups excluding carboxylic acids is 4. The third-order valence-corrected chi connectivity index (χ3v) is 8.06. The minimum Gasteiger partial charge on any atom is -0.293 e. The van der Waals surface area contributed by atoms with E-state index in [0.717, 1.165) is 0 Å². The second-order valence-corrected chi connectivity index (χ2v) is 11.5. The molecule has 0 fully saturated rings. The number of benzene rings is 4. The average Bonchev–Trinajstić information content (AvgIpc) is 3.90. The first-order valence-corrected chi connectivity index (χ1v) is 15.5. The highest BCUT2D eigenvalue weighted by molar-refractivity contribution is 6.30. The van der Waals surface area contributed by atoms with E-state index in [1.165, 1.54) is 39.6 Å². The van der Waals surface area contributed by atoms with Gasteiger partial charge in [0.15, 0.2) is 11.6 Å². The van der Waals surface area contributed by atoms with Crippen molar-refractivity contribution in [1.29, 1.82) is 0 Å². The second kappa shape index (κ2) is 12.9. The van der Waals surface area contributed by atoms with E-state index in [2.05, 4.69) is 15.3 Å². The maximum absolute atomic E-state index is 14.6. The Hall–Kier alpha value is -6.52. The summed E-state index contributed by atoms with van der Waals surface area (Å²) in [5, 5.41) is 14.0. The zero-order valence-electron chi connectivity index (χ0n) is 25.9. The summed E-state index contributed by atoms with van der Waals surface area (Å²) in [7, 11) is 0. The van der Waals surface area contributed by atoms with Gasteiger partial charge in [-0.25, -0.2) is 14.0 Å². The van der Waals surface area contributed by atoms with Crippen molar-refractivity contribution in [1.82, 2.24) is 29.3 Å². The molecule has 0 aliphatic heterocycles. The summed E-state index contributed by atoms with van der Waals surface area (Å²) in [6, 6.07) is 33.2. The molecule has 49 heavy (non-hydrogen) atoms. The number of ketones is 4. The largest absolute Gasteiger partial charge is 0.293 e. The van der Waals surface area contributed by atoms with Gasteiger partial charge in [-0.3, -0.25) is 19.2 Å². The van der Waals surface area contributed by atoms with Gasteiger partial charge in [0.1, 0.15) is 17.1 Å². The third-order valence-electron chi connectivity index (χ3n) is 7.81. The maximum atomic E-state index is 14.6. The fourth-order valence-electron chi connectivity index (χ4n) is 5.37. The van der Waals surface area contributed by atoms with E-state index in [4.69, 9.17) is 11.6 Å². The van der Waals surface area contributed by atoms with Crippen LogP contribution in [-0.4, -0.2) is 52.5 Å². The fourth-order valence-corrected chi connectivity index (χ4v) is 5.49. The molecular formula is C38H25ClN6O4. The molecule has 11 heteroatoms. The lowest BCUT2D eigenvalue weighted by molar-refractivity contribution is 0.0979. The highest BCUT2D eigenvalue weighted by Crippen LogP contribution is 2.26. The SMILES string of the molecule is CC(=O)c1nn(-c2ccccc2)cc1C(=O)c1nn(-c2ccccc2)cc1C(=O)c1nn(-c2ccc(Cl)cc2)cc1C(=O)c1ccccc1. The smallest absolute Gasteiger partial charge is 0.217 e. The van der Waals surface area contributed by atoms with Gasteiger partial charge >= 0.3 is 0 Å². The number of aromatic nitrogens is 6. The second-order valence-electron chi connectivity index (χ2n) is 11.1. The van der Waals surface area contributed by atoms with Crippen LogP contribution in [0.4, 0.5) is 0 Å². The molecule has 0 radical (unpaired) electrons. The summed E-state index contributed by atoms with van der Waals surface area (Å²) in [5.41, 5.74) is 1.51. The monoisotopic (exact) mass is 664 g/mol. The molecular weight excluding hydrogens is 640 g/mol. The normalized spacial score (nSPS) is 11.0. The minimum absolute atomic E-state index is 0.0262. The Labute approximate surface area is 284 Å². The standard InChI is InChI=1S/C38H25ClN6O4/c1-24(46)33-30(21-43(40-33)27-13-7-3-8-14-27)37(48)35-32(23-44(42-35)28-15-9-4-10-16-28)38(49)34-31(36(47)25-11-5-2-6-12-25)22-45(41-34)29-19-17-26(39)18-20-29/h2-23H,1H3. The van der Waals surface area contributed by atoms with Crippen molar-refractivity contribution in [2.75, 3.05) is 0 Å². The van der Waals surface area contributed by atoms with Gasteiger partial charge in [-0.05, 0) is 48.5 Å². The predicted octanol–water partition coefficient (Wildman–Crippen LogP) is 6.79. The highest BCUT2D eigenvalue weighted by Gasteiger charge is 2.32. The molecule has 10 nitrogen and oxygen atoms in total. The summed E-state index contributed by atoms with van der Waals surface area (Å²) in [5.74, 6) is -2.28. The number of hydrogen-bond donors (Lipinski definition) is 0. The van der Waals surface area contributed by atoms with Crippen molar-refractivity contribution in [3.05, 3.63) is 178 Å². The quantitative estimate of drug-likeness (QED) is 0.148. The summed E-state index contributed by atoms with van der Waals surface area (Å²) in [6.07, 6.45) is 4.36. The fraction of sp³-hybridized carbons (Fsp3) is 0.0263.